The normalized spacial score (nSPS) is 15.6. The first kappa shape index (κ1) is 17.7. The number of aliphatic hydroxyl groups excluding tert-OH is 1. The lowest BCUT2D eigenvalue weighted by Gasteiger charge is -2.20. The fourth-order valence-corrected chi connectivity index (χ4v) is 3.65. The molecular formula is C20H25N5O2. The van der Waals surface area contributed by atoms with Crippen LogP contribution in [0.4, 0.5) is 0 Å². The van der Waals surface area contributed by atoms with E-state index in [4.69, 9.17) is 0 Å². The Balaban J connectivity index is 1.50. The molecule has 7 heteroatoms. The predicted molar refractivity (Wildman–Crippen MR) is 102 cm³/mol. The predicted octanol–water partition coefficient (Wildman–Crippen LogP) is 2.49. The first-order valence-corrected chi connectivity index (χ1v) is 9.51. The Morgan fingerprint density at radius 3 is 3.00 bits per heavy atom. The first-order valence-electron chi connectivity index (χ1n) is 9.51. The highest BCUT2D eigenvalue weighted by atomic mass is 16.3. The van der Waals surface area contributed by atoms with Gasteiger partial charge in [0.1, 0.15) is 5.82 Å². The lowest BCUT2D eigenvalue weighted by molar-refractivity contribution is -0.131. The van der Waals surface area contributed by atoms with Crippen molar-refractivity contribution in [3.8, 4) is 0 Å². The number of H-pyrrole nitrogens is 1. The number of carbonyl (C=O) groups is 1. The smallest absolute Gasteiger partial charge is 0.227 e. The number of aromatic amines is 1. The highest BCUT2D eigenvalue weighted by molar-refractivity contribution is 5.81. The molecule has 3 heterocycles. The van der Waals surface area contributed by atoms with E-state index in [1.807, 2.05) is 47.7 Å². The second-order valence-electron chi connectivity index (χ2n) is 7.23. The third-order valence-electron chi connectivity index (χ3n) is 5.13. The van der Waals surface area contributed by atoms with Gasteiger partial charge in [0.25, 0.3) is 0 Å². The topological polar surface area (TPSA) is 87.0 Å². The van der Waals surface area contributed by atoms with Crippen molar-refractivity contribution < 1.29 is 9.90 Å². The van der Waals surface area contributed by atoms with Gasteiger partial charge in [-0.2, -0.15) is 5.10 Å². The van der Waals surface area contributed by atoms with E-state index >= 15 is 0 Å². The van der Waals surface area contributed by atoms with E-state index < -0.39 is 6.10 Å². The molecule has 2 N–H and O–H groups in total. The summed E-state index contributed by atoms with van der Waals surface area (Å²) in [6, 6.07) is 7.86. The van der Waals surface area contributed by atoms with E-state index in [2.05, 4.69) is 15.1 Å². The van der Waals surface area contributed by atoms with Gasteiger partial charge in [0.05, 0.1) is 41.5 Å². The van der Waals surface area contributed by atoms with Crippen molar-refractivity contribution in [2.75, 3.05) is 6.54 Å². The summed E-state index contributed by atoms with van der Waals surface area (Å²) in [5.41, 5.74) is 4.55. The number of nitrogens with one attached hydrogen (secondary N) is 1. The van der Waals surface area contributed by atoms with Gasteiger partial charge in [-0.1, -0.05) is 13.0 Å². The van der Waals surface area contributed by atoms with Crippen molar-refractivity contribution in [2.24, 2.45) is 0 Å². The van der Waals surface area contributed by atoms with Gasteiger partial charge < -0.3 is 15.0 Å². The Labute approximate surface area is 158 Å². The van der Waals surface area contributed by atoms with Gasteiger partial charge >= 0.3 is 0 Å². The molecular weight excluding hydrogens is 342 g/mol. The van der Waals surface area contributed by atoms with E-state index in [0.717, 1.165) is 47.6 Å². The van der Waals surface area contributed by atoms with Gasteiger partial charge in [-0.05, 0) is 43.5 Å². The van der Waals surface area contributed by atoms with Gasteiger partial charge in [0.15, 0.2) is 0 Å². The highest BCUT2D eigenvalue weighted by Crippen LogP contribution is 2.21. The van der Waals surface area contributed by atoms with E-state index in [1.165, 1.54) is 0 Å². The minimum Gasteiger partial charge on any atom is -0.387 e. The fourth-order valence-electron chi connectivity index (χ4n) is 3.65. The van der Waals surface area contributed by atoms with Crippen LogP contribution < -0.4 is 0 Å². The number of benzene rings is 1. The monoisotopic (exact) mass is 367 g/mol. The van der Waals surface area contributed by atoms with Crippen molar-refractivity contribution in [3.63, 3.8) is 0 Å². The Hall–Kier alpha value is -2.67. The van der Waals surface area contributed by atoms with Crippen LogP contribution in [0.1, 0.15) is 48.6 Å². The number of hydrogen-bond donors (Lipinski definition) is 2. The number of amides is 1. The van der Waals surface area contributed by atoms with Crippen LogP contribution in [0.25, 0.3) is 11.0 Å². The molecule has 2 aromatic heterocycles. The Morgan fingerprint density at radius 1 is 1.33 bits per heavy atom. The summed E-state index contributed by atoms with van der Waals surface area (Å²) in [5, 5.41) is 14.6. The number of nitrogens with zero attached hydrogens (tertiary/aromatic N) is 4. The number of aliphatic hydroxyl groups is 1. The molecule has 4 rings (SSSR count). The summed E-state index contributed by atoms with van der Waals surface area (Å²) in [4.78, 5) is 22.4. The van der Waals surface area contributed by atoms with Gasteiger partial charge in [-0.15, -0.1) is 0 Å². The average Bonchev–Trinajstić information content (AvgIpc) is 3.16. The summed E-state index contributed by atoms with van der Waals surface area (Å²) in [5.74, 6) is 0.983. The number of aryl methyl sites for hydroxylation is 2. The molecule has 0 bridgehead atoms. The van der Waals surface area contributed by atoms with Gasteiger partial charge in [0.2, 0.25) is 5.91 Å². The zero-order valence-electron chi connectivity index (χ0n) is 15.8. The van der Waals surface area contributed by atoms with Gasteiger partial charge in [-0.25, -0.2) is 4.98 Å². The lowest BCUT2D eigenvalue weighted by Crippen LogP contribution is -2.32. The van der Waals surface area contributed by atoms with Crippen LogP contribution in [0.5, 0.6) is 0 Å². The molecule has 0 saturated heterocycles. The van der Waals surface area contributed by atoms with Crippen LogP contribution in [0.2, 0.25) is 0 Å². The average molecular weight is 367 g/mol. The van der Waals surface area contributed by atoms with E-state index in [-0.39, 0.29) is 5.91 Å². The summed E-state index contributed by atoms with van der Waals surface area (Å²) in [6.45, 7) is 5.89. The molecule has 27 heavy (non-hydrogen) atoms. The molecule has 0 saturated carbocycles. The second kappa shape index (κ2) is 7.15. The minimum absolute atomic E-state index is 0.109. The lowest BCUT2D eigenvalue weighted by atomic mass is 10.1. The molecule has 7 nitrogen and oxygen atoms in total. The van der Waals surface area contributed by atoms with Crippen LogP contribution >= 0.6 is 0 Å². The maximum Gasteiger partial charge on any atom is 0.227 e. The highest BCUT2D eigenvalue weighted by Gasteiger charge is 2.22. The SMILES string of the molecule is CC[C@H](O)c1cc2n(n1)CCCN(C(=O)Cc1ccc3nc(C)[nH]c3c1)C2. The number of imidazole rings is 1. The summed E-state index contributed by atoms with van der Waals surface area (Å²) in [7, 11) is 0. The Morgan fingerprint density at radius 2 is 2.19 bits per heavy atom. The molecule has 1 amide bonds. The molecule has 1 aromatic carbocycles. The largest absolute Gasteiger partial charge is 0.387 e. The maximum atomic E-state index is 12.9. The Bertz CT molecular complexity index is 974. The van der Waals surface area contributed by atoms with Crippen molar-refractivity contribution in [1.82, 2.24) is 24.6 Å². The van der Waals surface area contributed by atoms with Crippen molar-refractivity contribution in [1.29, 1.82) is 0 Å². The molecule has 0 radical (unpaired) electrons. The summed E-state index contributed by atoms with van der Waals surface area (Å²) in [6.07, 6.45) is 1.32. The first-order chi connectivity index (χ1) is 13.0. The molecule has 1 aliphatic heterocycles. The third-order valence-corrected chi connectivity index (χ3v) is 5.13. The van der Waals surface area contributed by atoms with Crippen LogP contribution in [0.3, 0.4) is 0 Å². The van der Waals surface area contributed by atoms with Crippen LogP contribution in [0, 0.1) is 6.92 Å². The third kappa shape index (κ3) is 3.60. The zero-order chi connectivity index (χ0) is 19.0. The quantitative estimate of drug-likeness (QED) is 0.742. The minimum atomic E-state index is -0.543. The van der Waals surface area contributed by atoms with Crippen LogP contribution in [-0.2, 0) is 24.3 Å². The van der Waals surface area contributed by atoms with Gasteiger partial charge in [0, 0.05) is 13.1 Å². The fraction of sp³-hybridized carbons (Fsp3) is 0.450. The van der Waals surface area contributed by atoms with Crippen molar-refractivity contribution >= 4 is 16.9 Å². The number of hydrogen-bond acceptors (Lipinski definition) is 4. The standard InChI is InChI=1S/C20H25N5O2/c1-3-19(26)18-11-15-12-24(7-4-8-25(15)23-18)20(27)10-14-5-6-16-17(9-14)22-13(2)21-16/h5-6,9,11,19,26H,3-4,7-8,10,12H2,1-2H3,(H,21,22)/t19-/m0/s1. The molecule has 1 aliphatic rings. The summed E-state index contributed by atoms with van der Waals surface area (Å²) >= 11 is 0. The number of carbonyl (C=O) groups excluding carboxylic acids is 1. The second-order valence-corrected chi connectivity index (χ2v) is 7.23. The zero-order valence-corrected chi connectivity index (χ0v) is 15.8. The van der Waals surface area contributed by atoms with E-state index in [0.29, 0.717) is 25.1 Å². The van der Waals surface area contributed by atoms with E-state index in [1.54, 1.807) is 0 Å². The maximum absolute atomic E-state index is 12.9. The van der Waals surface area contributed by atoms with Crippen LogP contribution in [0.15, 0.2) is 24.3 Å². The number of rotatable bonds is 4. The number of fused-ring (bicyclic) bond motifs is 2. The molecule has 142 valence electrons. The molecule has 0 spiro atoms. The summed E-state index contributed by atoms with van der Waals surface area (Å²) < 4.78 is 1.93. The Kier molecular flexibility index (Phi) is 4.70. The van der Waals surface area contributed by atoms with Gasteiger partial charge in [-0.3, -0.25) is 9.48 Å². The molecule has 0 aliphatic carbocycles. The molecule has 1 atom stereocenters. The molecule has 3 aromatic rings. The molecule has 0 unspecified atom stereocenters. The molecule has 0 fully saturated rings. The van der Waals surface area contributed by atoms with E-state index in [9.17, 15) is 9.90 Å². The number of aromatic nitrogens is 4. The van der Waals surface area contributed by atoms with Crippen molar-refractivity contribution in [3.05, 3.63) is 47.0 Å². The van der Waals surface area contributed by atoms with Crippen LogP contribution in [-0.4, -0.2) is 42.2 Å². The van der Waals surface area contributed by atoms with Crippen molar-refractivity contribution in [2.45, 2.75) is 52.3 Å².